The molecule has 0 bridgehead atoms. The van der Waals surface area contributed by atoms with E-state index in [0.717, 1.165) is 6.07 Å². The molecule has 0 fully saturated rings. The highest BCUT2D eigenvalue weighted by atomic mass is 79.9. The average Bonchev–Trinajstić information content (AvgIpc) is 1.96. The molecule has 2 nitrogen and oxygen atoms in total. The molecule has 0 spiro atoms. The number of nitroso groups, excluding NO2 is 1. The van der Waals surface area contributed by atoms with Crippen molar-refractivity contribution >= 4 is 27.5 Å². The molecule has 0 N–H and O–H groups in total. The van der Waals surface area contributed by atoms with Crippen molar-refractivity contribution in [2.24, 2.45) is 5.18 Å². The average molecular weight is 252 g/mol. The van der Waals surface area contributed by atoms with E-state index in [1.165, 1.54) is 6.07 Å². The van der Waals surface area contributed by atoms with Crippen LogP contribution >= 0.6 is 27.5 Å². The first kappa shape index (κ1) is 9.61. The van der Waals surface area contributed by atoms with Gasteiger partial charge < -0.3 is 0 Å². The minimum absolute atomic E-state index is 0.191. The molecule has 0 aliphatic heterocycles. The highest BCUT2D eigenvalue weighted by molar-refractivity contribution is 9.10. The molecule has 1 rings (SSSR count). The predicted molar refractivity (Wildman–Crippen MR) is 48.6 cm³/mol. The van der Waals surface area contributed by atoms with Gasteiger partial charge in [0.1, 0.15) is 12.4 Å². The smallest absolute Gasteiger partial charge is 0.131 e. The molecule has 0 aromatic heterocycles. The molecular formula is C7H4BrClFNO. The summed E-state index contributed by atoms with van der Waals surface area (Å²) in [6, 6.07) is 2.66. The van der Waals surface area contributed by atoms with Crippen molar-refractivity contribution in [3.63, 3.8) is 0 Å². The van der Waals surface area contributed by atoms with E-state index in [4.69, 9.17) is 11.6 Å². The molecule has 5 heteroatoms. The van der Waals surface area contributed by atoms with Crippen molar-refractivity contribution in [2.45, 2.75) is 6.54 Å². The number of benzene rings is 1. The van der Waals surface area contributed by atoms with E-state index in [-0.39, 0.29) is 17.1 Å². The fourth-order valence-electron chi connectivity index (χ4n) is 0.788. The van der Waals surface area contributed by atoms with Gasteiger partial charge in [0.25, 0.3) is 0 Å². The number of halogens is 3. The fourth-order valence-corrected chi connectivity index (χ4v) is 1.69. The molecule has 0 aliphatic rings. The first-order valence-corrected chi connectivity index (χ1v) is 4.24. The van der Waals surface area contributed by atoms with Gasteiger partial charge in [-0.15, -0.1) is 0 Å². The molecule has 0 atom stereocenters. The molecule has 12 heavy (non-hydrogen) atoms. The van der Waals surface area contributed by atoms with Crippen LogP contribution in [0.15, 0.2) is 21.8 Å². The van der Waals surface area contributed by atoms with E-state index >= 15 is 0 Å². The maximum absolute atomic E-state index is 13.0. The van der Waals surface area contributed by atoms with Gasteiger partial charge in [-0.1, -0.05) is 32.7 Å². The molecule has 0 heterocycles. The molecule has 0 unspecified atom stereocenters. The third-order valence-electron chi connectivity index (χ3n) is 1.33. The van der Waals surface area contributed by atoms with Crippen LogP contribution in [0, 0.1) is 10.7 Å². The van der Waals surface area contributed by atoms with E-state index in [1.807, 2.05) is 0 Å². The van der Waals surface area contributed by atoms with Crippen molar-refractivity contribution in [2.75, 3.05) is 0 Å². The molecule has 0 saturated heterocycles. The molecule has 0 amide bonds. The summed E-state index contributed by atoms with van der Waals surface area (Å²) in [6.45, 7) is -0.191. The Morgan fingerprint density at radius 1 is 1.58 bits per heavy atom. The van der Waals surface area contributed by atoms with E-state index in [0.29, 0.717) is 4.47 Å². The first-order valence-electron chi connectivity index (χ1n) is 3.07. The molecule has 64 valence electrons. The second kappa shape index (κ2) is 3.96. The van der Waals surface area contributed by atoms with Crippen molar-refractivity contribution in [3.05, 3.63) is 37.9 Å². The van der Waals surface area contributed by atoms with Crippen LogP contribution in [0.3, 0.4) is 0 Å². The molecule has 0 saturated carbocycles. The molecular weight excluding hydrogens is 248 g/mol. The number of rotatable bonds is 2. The van der Waals surface area contributed by atoms with Gasteiger partial charge in [0.05, 0.1) is 0 Å². The summed E-state index contributed by atoms with van der Waals surface area (Å²) in [4.78, 5) is 9.89. The van der Waals surface area contributed by atoms with Crippen molar-refractivity contribution in [1.82, 2.24) is 0 Å². The number of hydrogen-bond acceptors (Lipinski definition) is 2. The maximum atomic E-state index is 13.0. The van der Waals surface area contributed by atoms with Crippen LogP contribution in [0.1, 0.15) is 5.56 Å². The Morgan fingerprint density at radius 3 is 2.75 bits per heavy atom. The second-order valence-electron chi connectivity index (χ2n) is 2.14. The zero-order valence-corrected chi connectivity index (χ0v) is 8.19. The lowest BCUT2D eigenvalue weighted by Gasteiger charge is -2.01. The Hall–Kier alpha value is -0.480. The first-order chi connectivity index (χ1) is 5.65. The highest BCUT2D eigenvalue weighted by Gasteiger charge is 2.08. The standard InChI is InChI=1S/C7H4BrClFNO/c8-6-1-4(9)2-7(10)5(6)3-11-12/h1-2H,3H2. The van der Waals surface area contributed by atoms with E-state index in [2.05, 4.69) is 21.1 Å². The van der Waals surface area contributed by atoms with Crippen LogP contribution in [-0.4, -0.2) is 0 Å². The molecule has 1 aromatic rings. The van der Waals surface area contributed by atoms with Crippen LogP contribution in [0.2, 0.25) is 5.02 Å². The van der Waals surface area contributed by atoms with E-state index in [9.17, 15) is 9.30 Å². The summed E-state index contributed by atoms with van der Waals surface area (Å²) in [7, 11) is 0. The summed E-state index contributed by atoms with van der Waals surface area (Å²) >= 11 is 8.62. The van der Waals surface area contributed by atoms with Crippen LogP contribution in [0.25, 0.3) is 0 Å². The topological polar surface area (TPSA) is 29.4 Å². The van der Waals surface area contributed by atoms with Gasteiger partial charge in [-0.2, -0.15) is 4.91 Å². The van der Waals surface area contributed by atoms with E-state index in [1.54, 1.807) is 0 Å². The third-order valence-corrected chi connectivity index (χ3v) is 2.25. The van der Waals surface area contributed by atoms with Crippen LogP contribution in [0.5, 0.6) is 0 Å². The summed E-state index contributed by atoms with van der Waals surface area (Å²) in [5.41, 5.74) is 0.231. The Labute approximate surface area is 81.8 Å². The Morgan fingerprint density at radius 2 is 2.25 bits per heavy atom. The lowest BCUT2D eigenvalue weighted by molar-refractivity contribution is 0.609. The van der Waals surface area contributed by atoms with Gasteiger partial charge in [0.2, 0.25) is 0 Å². The van der Waals surface area contributed by atoms with Crippen LogP contribution in [-0.2, 0) is 6.54 Å². The number of hydrogen-bond donors (Lipinski definition) is 0. The van der Waals surface area contributed by atoms with Gasteiger partial charge in [0, 0.05) is 15.1 Å². The Balaban J connectivity index is 3.18. The lowest BCUT2D eigenvalue weighted by atomic mass is 10.2. The highest BCUT2D eigenvalue weighted by Crippen LogP contribution is 2.25. The number of nitrogens with zero attached hydrogens (tertiary/aromatic N) is 1. The Kier molecular flexibility index (Phi) is 3.17. The second-order valence-corrected chi connectivity index (χ2v) is 3.43. The summed E-state index contributed by atoms with van der Waals surface area (Å²) in [5.74, 6) is -0.519. The van der Waals surface area contributed by atoms with Gasteiger partial charge >= 0.3 is 0 Å². The minimum atomic E-state index is -0.519. The largest absolute Gasteiger partial charge is 0.207 e. The maximum Gasteiger partial charge on any atom is 0.131 e. The summed E-state index contributed by atoms with van der Waals surface area (Å²) in [5, 5.41) is 2.88. The monoisotopic (exact) mass is 251 g/mol. The zero-order valence-electron chi connectivity index (χ0n) is 5.85. The van der Waals surface area contributed by atoms with Gasteiger partial charge in [0.15, 0.2) is 0 Å². The SMILES string of the molecule is O=NCc1c(F)cc(Cl)cc1Br. The van der Waals surface area contributed by atoms with Crippen LogP contribution < -0.4 is 0 Å². The third kappa shape index (κ3) is 2.01. The zero-order chi connectivity index (χ0) is 9.14. The minimum Gasteiger partial charge on any atom is -0.207 e. The van der Waals surface area contributed by atoms with Gasteiger partial charge in [-0.25, -0.2) is 4.39 Å². The molecule has 0 radical (unpaired) electrons. The summed E-state index contributed by atoms with van der Waals surface area (Å²) < 4.78 is 13.4. The lowest BCUT2D eigenvalue weighted by Crippen LogP contribution is -1.89. The van der Waals surface area contributed by atoms with Gasteiger partial charge in [-0.05, 0) is 12.1 Å². The van der Waals surface area contributed by atoms with Crippen molar-refractivity contribution < 1.29 is 4.39 Å². The van der Waals surface area contributed by atoms with Crippen LogP contribution in [0.4, 0.5) is 4.39 Å². The normalized spacial score (nSPS) is 9.92. The predicted octanol–water partition coefficient (Wildman–Crippen LogP) is 3.51. The van der Waals surface area contributed by atoms with Crippen molar-refractivity contribution in [3.8, 4) is 0 Å². The quantitative estimate of drug-likeness (QED) is 0.741. The fraction of sp³-hybridized carbons (Fsp3) is 0.143. The van der Waals surface area contributed by atoms with Gasteiger partial charge in [-0.3, -0.25) is 0 Å². The van der Waals surface area contributed by atoms with E-state index < -0.39 is 5.82 Å². The van der Waals surface area contributed by atoms with Crippen molar-refractivity contribution in [1.29, 1.82) is 0 Å². The molecule has 1 aromatic carbocycles. The molecule has 0 aliphatic carbocycles. The summed E-state index contributed by atoms with van der Waals surface area (Å²) in [6.07, 6.45) is 0. The Bertz CT molecular complexity index is 295.